The lowest BCUT2D eigenvalue weighted by molar-refractivity contribution is -0.121. The summed E-state index contributed by atoms with van der Waals surface area (Å²) in [6.45, 7) is 2.66. The number of rotatable bonds is 6. The quantitative estimate of drug-likeness (QED) is 0.851. The minimum Gasteiger partial charge on any atom is -0.356 e. The first-order valence-corrected chi connectivity index (χ1v) is 9.15. The highest BCUT2D eigenvalue weighted by Gasteiger charge is 2.18. The van der Waals surface area contributed by atoms with Crippen LogP contribution in [0.15, 0.2) is 34.9 Å². The van der Waals surface area contributed by atoms with Crippen molar-refractivity contribution in [3.8, 4) is 11.3 Å². The van der Waals surface area contributed by atoms with Gasteiger partial charge in [-0.1, -0.05) is 16.8 Å². The molecule has 1 aliphatic rings. The van der Waals surface area contributed by atoms with Gasteiger partial charge in [0.25, 0.3) is 0 Å². The van der Waals surface area contributed by atoms with Crippen LogP contribution in [0.5, 0.6) is 0 Å². The fourth-order valence-corrected chi connectivity index (χ4v) is 3.39. The van der Waals surface area contributed by atoms with Gasteiger partial charge in [-0.15, -0.1) is 0 Å². The van der Waals surface area contributed by atoms with E-state index in [0.29, 0.717) is 29.7 Å². The average Bonchev–Trinajstić information content (AvgIpc) is 3.08. The number of nitrogens with zero attached hydrogens (tertiary/aromatic N) is 2. The van der Waals surface area contributed by atoms with Crippen molar-refractivity contribution in [1.82, 2.24) is 15.4 Å². The van der Waals surface area contributed by atoms with Gasteiger partial charge < -0.3 is 14.7 Å². The highest BCUT2D eigenvalue weighted by molar-refractivity contribution is 6.30. The van der Waals surface area contributed by atoms with Crippen LogP contribution < -0.4 is 5.32 Å². The Morgan fingerprint density at radius 2 is 2.20 bits per heavy atom. The van der Waals surface area contributed by atoms with Gasteiger partial charge in [-0.05, 0) is 63.0 Å². The number of piperidine rings is 1. The van der Waals surface area contributed by atoms with Crippen LogP contribution in [0, 0.1) is 5.92 Å². The van der Waals surface area contributed by atoms with Crippen LogP contribution >= 0.6 is 11.6 Å². The molecule has 0 unspecified atom stereocenters. The van der Waals surface area contributed by atoms with Crippen LogP contribution in [0.25, 0.3) is 11.3 Å². The normalized spacial score (nSPS) is 18.2. The van der Waals surface area contributed by atoms with Gasteiger partial charge in [0.15, 0.2) is 5.76 Å². The monoisotopic (exact) mass is 361 g/mol. The molecule has 1 atom stereocenters. The van der Waals surface area contributed by atoms with E-state index in [1.807, 2.05) is 30.3 Å². The molecule has 0 spiro atoms. The van der Waals surface area contributed by atoms with Crippen molar-refractivity contribution in [2.75, 3.05) is 20.1 Å². The van der Waals surface area contributed by atoms with Gasteiger partial charge in [0.1, 0.15) is 5.69 Å². The van der Waals surface area contributed by atoms with Gasteiger partial charge in [-0.3, -0.25) is 4.79 Å². The maximum absolute atomic E-state index is 12.1. The van der Waals surface area contributed by atoms with Crippen molar-refractivity contribution < 1.29 is 9.32 Å². The molecule has 0 saturated carbocycles. The summed E-state index contributed by atoms with van der Waals surface area (Å²) in [5, 5.41) is 7.63. The Bertz CT molecular complexity index is 699. The van der Waals surface area contributed by atoms with E-state index in [4.69, 9.17) is 16.1 Å². The molecule has 1 N–H and O–H groups in total. The van der Waals surface area contributed by atoms with Gasteiger partial charge in [-0.25, -0.2) is 0 Å². The van der Waals surface area contributed by atoms with Crippen molar-refractivity contribution in [3.63, 3.8) is 0 Å². The fourth-order valence-electron chi connectivity index (χ4n) is 3.27. The number of benzene rings is 1. The molecule has 1 amide bonds. The summed E-state index contributed by atoms with van der Waals surface area (Å²) in [7, 11) is 2.15. The topological polar surface area (TPSA) is 58.4 Å². The number of hydrogen-bond acceptors (Lipinski definition) is 4. The van der Waals surface area contributed by atoms with Gasteiger partial charge >= 0.3 is 0 Å². The van der Waals surface area contributed by atoms with Gasteiger partial charge in [0.05, 0.1) is 6.54 Å². The van der Waals surface area contributed by atoms with Crippen LogP contribution in [0.2, 0.25) is 5.02 Å². The second-order valence-corrected chi connectivity index (χ2v) is 7.21. The standard InChI is InChI=1S/C19H24ClN3O2/c1-23-10-2-3-14(13-23)4-9-19(24)21-12-17-11-18(25-22-17)15-5-7-16(20)8-6-15/h5-8,11,14H,2-4,9-10,12-13H2,1H3,(H,21,24)/t14-/m1/s1. The molecule has 2 heterocycles. The molecule has 5 nitrogen and oxygen atoms in total. The summed E-state index contributed by atoms with van der Waals surface area (Å²) in [4.78, 5) is 14.4. The molecule has 1 aliphatic heterocycles. The van der Waals surface area contributed by atoms with Crippen molar-refractivity contribution in [1.29, 1.82) is 0 Å². The van der Waals surface area contributed by atoms with E-state index >= 15 is 0 Å². The molecule has 3 rings (SSSR count). The van der Waals surface area contributed by atoms with E-state index in [-0.39, 0.29) is 5.91 Å². The number of carbonyl (C=O) groups excluding carboxylic acids is 1. The van der Waals surface area contributed by atoms with E-state index in [0.717, 1.165) is 24.2 Å². The number of aromatic nitrogens is 1. The minimum atomic E-state index is 0.0734. The van der Waals surface area contributed by atoms with Crippen LogP contribution in [0.4, 0.5) is 0 Å². The lowest BCUT2D eigenvalue weighted by Gasteiger charge is -2.29. The van der Waals surface area contributed by atoms with Gasteiger partial charge in [-0.2, -0.15) is 0 Å². The molecule has 0 radical (unpaired) electrons. The Morgan fingerprint density at radius 3 is 2.96 bits per heavy atom. The number of amides is 1. The minimum absolute atomic E-state index is 0.0734. The Labute approximate surface area is 153 Å². The molecule has 1 fully saturated rings. The summed E-state index contributed by atoms with van der Waals surface area (Å²) < 4.78 is 5.34. The maximum Gasteiger partial charge on any atom is 0.220 e. The molecule has 0 bridgehead atoms. The fraction of sp³-hybridized carbons (Fsp3) is 0.474. The van der Waals surface area contributed by atoms with E-state index in [1.54, 1.807) is 0 Å². The molecule has 134 valence electrons. The zero-order chi connectivity index (χ0) is 17.6. The zero-order valence-electron chi connectivity index (χ0n) is 14.5. The third-order valence-electron chi connectivity index (χ3n) is 4.66. The first-order valence-electron chi connectivity index (χ1n) is 8.77. The second-order valence-electron chi connectivity index (χ2n) is 6.78. The third-order valence-corrected chi connectivity index (χ3v) is 4.91. The predicted molar refractivity (Wildman–Crippen MR) is 98.3 cm³/mol. The zero-order valence-corrected chi connectivity index (χ0v) is 15.3. The van der Waals surface area contributed by atoms with E-state index < -0.39 is 0 Å². The number of hydrogen-bond donors (Lipinski definition) is 1. The predicted octanol–water partition coefficient (Wildman–Crippen LogP) is 3.73. The van der Waals surface area contributed by atoms with Crippen molar-refractivity contribution in [2.24, 2.45) is 5.92 Å². The summed E-state index contributed by atoms with van der Waals surface area (Å²) in [6.07, 6.45) is 3.98. The third kappa shape index (κ3) is 5.31. The summed E-state index contributed by atoms with van der Waals surface area (Å²) in [6, 6.07) is 9.23. The Kier molecular flexibility index (Phi) is 6.10. The maximum atomic E-state index is 12.1. The molecule has 1 saturated heterocycles. The summed E-state index contributed by atoms with van der Waals surface area (Å²) >= 11 is 5.89. The average molecular weight is 362 g/mol. The molecule has 1 aromatic heterocycles. The lowest BCUT2D eigenvalue weighted by atomic mass is 9.93. The van der Waals surface area contributed by atoms with Crippen LogP contribution in [0.3, 0.4) is 0 Å². The smallest absolute Gasteiger partial charge is 0.220 e. The number of likely N-dealkylation sites (tertiary alicyclic amines) is 1. The molecule has 6 heteroatoms. The molecule has 1 aromatic carbocycles. The van der Waals surface area contributed by atoms with E-state index in [2.05, 4.69) is 22.4 Å². The van der Waals surface area contributed by atoms with Crippen molar-refractivity contribution >= 4 is 17.5 Å². The highest BCUT2D eigenvalue weighted by atomic mass is 35.5. The van der Waals surface area contributed by atoms with Crippen molar-refractivity contribution in [2.45, 2.75) is 32.2 Å². The highest BCUT2D eigenvalue weighted by Crippen LogP contribution is 2.22. The molecular weight excluding hydrogens is 338 g/mol. The van der Waals surface area contributed by atoms with Crippen LogP contribution in [0.1, 0.15) is 31.4 Å². The van der Waals surface area contributed by atoms with Gasteiger partial charge in [0, 0.05) is 29.6 Å². The van der Waals surface area contributed by atoms with Crippen molar-refractivity contribution in [3.05, 3.63) is 41.0 Å². The Balaban J connectivity index is 1.44. The summed E-state index contributed by atoms with van der Waals surface area (Å²) in [5.41, 5.74) is 1.63. The number of nitrogens with one attached hydrogen (secondary N) is 1. The largest absolute Gasteiger partial charge is 0.356 e. The SMILES string of the molecule is CN1CCC[C@H](CCC(=O)NCc2cc(-c3ccc(Cl)cc3)on2)C1. The van der Waals surface area contributed by atoms with Crippen LogP contribution in [-0.2, 0) is 11.3 Å². The number of halogens is 1. The van der Waals surface area contributed by atoms with E-state index in [9.17, 15) is 4.79 Å². The Morgan fingerprint density at radius 1 is 1.40 bits per heavy atom. The first kappa shape index (κ1) is 18.0. The molecular formula is C19H24ClN3O2. The molecule has 25 heavy (non-hydrogen) atoms. The van der Waals surface area contributed by atoms with E-state index in [1.165, 1.54) is 19.4 Å². The first-order chi connectivity index (χ1) is 12.1. The van der Waals surface area contributed by atoms with Gasteiger partial charge in [0.2, 0.25) is 5.91 Å². The lowest BCUT2D eigenvalue weighted by Crippen LogP contribution is -2.33. The van der Waals surface area contributed by atoms with Crippen LogP contribution in [-0.4, -0.2) is 36.1 Å². The molecule has 0 aliphatic carbocycles. The Hall–Kier alpha value is -1.85. The molecule has 2 aromatic rings. The second kappa shape index (κ2) is 8.50. The summed E-state index contributed by atoms with van der Waals surface area (Å²) in [5.74, 6) is 1.38. The number of carbonyl (C=O) groups is 1.